The van der Waals surface area contributed by atoms with E-state index < -0.39 is 0 Å². The van der Waals surface area contributed by atoms with Crippen molar-refractivity contribution in [3.8, 4) is 0 Å². The zero-order valence-electron chi connectivity index (χ0n) is 12.8. The van der Waals surface area contributed by atoms with Crippen molar-refractivity contribution in [1.82, 2.24) is 4.31 Å². The van der Waals surface area contributed by atoms with E-state index in [1.54, 1.807) is 0 Å². The van der Waals surface area contributed by atoms with Gasteiger partial charge in [-0.2, -0.15) is 0 Å². The molecule has 0 N–H and O–H groups in total. The van der Waals surface area contributed by atoms with Crippen LogP contribution in [0.4, 0.5) is 0 Å². The molecule has 1 aliphatic rings. The summed E-state index contributed by atoms with van der Waals surface area (Å²) < 4.78 is 2.64. The highest BCUT2D eigenvalue weighted by Crippen LogP contribution is 2.46. The Morgan fingerprint density at radius 2 is 1.50 bits per heavy atom. The summed E-state index contributed by atoms with van der Waals surface area (Å²) in [6, 6.07) is 0. The molecule has 0 spiro atoms. The minimum absolute atomic E-state index is 0.266. The summed E-state index contributed by atoms with van der Waals surface area (Å²) >= 11 is 0. The molecule has 0 aromatic rings. The van der Waals surface area contributed by atoms with Gasteiger partial charge < -0.3 is 0 Å². The van der Waals surface area contributed by atoms with Crippen LogP contribution < -0.4 is 0 Å². The first-order chi connectivity index (χ1) is 8.35. The van der Waals surface area contributed by atoms with Gasteiger partial charge in [-0.3, -0.25) is 0 Å². The van der Waals surface area contributed by atoms with Crippen molar-refractivity contribution in [2.75, 3.05) is 6.54 Å². The minimum Gasteiger partial charge on any atom is -0.231 e. The standard InChI is InChI=1S/C15H29NS2/c1-12(2)9-15(10-13(3)4)7-8-17-18-16(15)11-14(5)6/h7-8,12-14H,9-11H2,1-6H3. The molecule has 0 saturated heterocycles. The maximum absolute atomic E-state index is 2.64. The quantitative estimate of drug-likeness (QED) is 0.462. The third kappa shape index (κ3) is 4.82. The van der Waals surface area contributed by atoms with Crippen molar-refractivity contribution in [2.24, 2.45) is 17.8 Å². The summed E-state index contributed by atoms with van der Waals surface area (Å²) in [5.74, 6) is 2.21. The van der Waals surface area contributed by atoms with E-state index in [0.29, 0.717) is 0 Å². The molecule has 1 nitrogen and oxygen atoms in total. The van der Waals surface area contributed by atoms with Gasteiger partial charge in [-0.15, -0.1) is 0 Å². The summed E-state index contributed by atoms with van der Waals surface area (Å²) in [6.45, 7) is 15.2. The van der Waals surface area contributed by atoms with Crippen LogP contribution >= 0.6 is 21.8 Å². The highest BCUT2D eigenvalue weighted by Gasteiger charge is 2.38. The lowest BCUT2D eigenvalue weighted by Crippen LogP contribution is -2.47. The number of hydrogen-bond donors (Lipinski definition) is 0. The van der Waals surface area contributed by atoms with E-state index in [2.05, 4.69) is 57.3 Å². The summed E-state index contributed by atoms with van der Waals surface area (Å²) in [4.78, 5) is 0. The number of rotatable bonds is 6. The maximum atomic E-state index is 2.64. The lowest BCUT2D eigenvalue weighted by Gasteiger charge is -2.45. The molecule has 0 radical (unpaired) electrons. The normalized spacial score (nSPS) is 20.3. The summed E-state index contributed by atoms with van der Waals surface area (Å²) in [5.41, 5.74) is 0.266. The first kappa shape index (κ1) is 16.5. The van der Waals surface area contributed by atoms with Gasteiger partial charge in [0.2, 0.25) is 0 Å². The van der Waals surface area contributed by atoms with Gasteiger partial charge in [-0.1, -0.05) is 47.6 Å². The molecule has 0 aromatic heterocycles. The molecule has 1 heterocycles. The molecule has 0 saturated carbocycles. The number of hydrogen-bond acceptors (Lipinski definition) is 3. The van der Waals surface area contributed by atoms with E-state index in [4.69, 9.17) is 0 Å². The van der Waals surface area contributed by atoms with Crippen molar-refractivity contribution in [3.05, 3.63) is 11.5 Å². The van der Waals surface area contributed by atoms with Gasteiger partial charge in [0.25, 0.3) is 0 Å². The monoisotopic (exact) mass is 287 g/mol. The lowest BCUT2D eigenvalue weighted by molar-refractivity contribution is 0.174. The van der Waals surface area contributed by atoms with Crippen LogP contribution in [-0.4, -0.2) is 16.4 Å². The second-order valence-electron chi connectivity index (χ2n) is 6.73. The first-order valence-corrected chi connectivity index (χ1v) is 9.31. The van der Waals surface area contributed by atoms with Crippen molar-refractivity contribution < 1.29 is 0 Å². The predicted molar refractivity (Wildman–Crippen MR) is 87.5 cm³/mol. The van der Waals surface area contributed by atoms with Gasteiger partial charge >= 0.3 is 0 Å². The SMILES string of the molecule is CC(C)CN1SSC=CC1(CC(C)C)CC(C)C. The smallest absolute Gasteiger partial charge is 0.0513 e. The van der Waals surface area contributed by atoms with Crippen LogP contribution in [0.3, 0.4) is 0 Å². The Balaban J connectivity index is 2.93. The van der Waals surface area contributed by atoms with Crippen LogP contribution in [0.5, 0.6) is 0 Å². The van der Waals surface area contributed by atoms with Gasteiger partial charge in [0, 0.05) is 6.54 Å². The van der Waals surface area contributed by atoms with Crippen molar-refractivity contribution in [3.63, 3.8) is 0 Å². The molecular weight excluding hydrogens is 258 g/mol. The Bertz CT molecular complexity index is 262. The van der Waals surface area contributed by atoms with Gasteiger partial charge in [0.1, 0.15) is 0 Å². The van der Waals surface area contributed by atoms with Crippen LogP contribution in [-0.2, 0) is 0 Å². The van der Waals surface area contributed by atoms with E-state index in [-0.39, 0.29) is 5.54 Å². The summed E-state index contributed by atoms with van der Waals surface area (Å²) in [6.07, 6.45) is 5.00. The molecule has 0 fully saturated rings. The van der Waals surface area contributed by atoms with E-state index >= 15 is 0 Å². The molecule has 0 bridgehead atoms. The van der Waals surface area contributed by atoms with Crippen LogP contribution in [0, 0.1) is 17.8 Å². The predicted octanol–water partition coefficient (Wildman–Crippen LogP) is 5.60. The fraction of sp³-hybridized carbons (Fsp3) is 0.867. The molecule has 0 unspecified atom stereocenters. The lowest BCUT2D eigenvalue weighted by atomic mass is 9.81. The highest BCUT2D eigenvalue weighted by atomic mass is 33.1. The Morgan fingerprint density at radius 3 is 1.94 bits per heavy atom. The van der Waals surface area contributed by atoms with E-state index in [1.807, 2.05) is 21.8 Å². The minimum atomic E-state index is 0.266. The van der Waals surface area contributed by atoms with Gasteiger partial charge in [0.05, 0.1) is 5.54 Å². The highest BCUT2D eigenvalue weighted by molar-refractivity contribution is 8.77. The van der Waals surface area contributed by atoms with Crippen LogP contribution in [0.25, 0.3) is 0 Å². The molecule has 3 heteroatoms. The Kier molecular flexibility index (Phi) is 6.63. The molecule has 0 aliphatic carbocycles. The van der Waals surface area contributed by atoms with Crippen LogP contribution in [0.15, 0.2) is 11.5 Å². The maximum Gasteiger partial charge on any atom is 0.0513 e. The fourth-order valence-corrected chi connectivity index (χ4v) is 5.20. The van der Waals surface area contributed by atoms with Crippen molar-refractivity contribution in [2.45, 2.75) is 59.9 Å². The van der Waals surface area contributed by atoms with Crippen molar-refractivity contribution >= 4 is 21.8 Å². The zero-order valence-corrected chi connectivity index (χ0v) is 14.4. The topological polar surface area (TPSA) is 3.24 Å². The second-order valence-corrected chi connectivity index (χ2v) is 8.81. The molecule has 0 aromatic carbocycles. The summed E-state index contributed by atoms with van der Waals surface area (Å²) in [5, 5.41) is 2.30. The van der Waals surface area contributed by atoms with Gasteiger partial charge in [-0.05, 0) is 57.8 Å². The largest absolute Gasteiger partial charge is 0.231 e. The molecular formula is C15H29NS2. The summed E-state index contributed by atoms with van der Waals surface area (Å²) in [7, 11) is 3.81. The molecule has 1 rings (SSSR count). The average molecular weight is 288 g/mol. The molecule has 106 valence electrons. The average Bonchev–Trinajstić information content (AvgIpc) is 2.18. The van der Waals surface area contributed by atoms with E-state index in [1.165, 1.54) is 19.4 Å². The van der Waals surface area contributed by atoms with E-state index in [9.17, 15) is 0 Å². The second kappa shape index (κ2) is 7.25. The van der Waals surface area contributed by atoms with Gasteiger partial charge in [-0.25, -0.2) is 4.31 Å². The Hall–Kier alpha value is 0.400. The van der Waals surface area contributed by atoms with Crippen LogP contribution in [0.1, 0.15) is 54.4 Å². The fourth-order valence-electron chi connectivity index (χ4n) is 2.77. The first-order valence-electron chi connectivity index (χ1n) is 7.14. The molecule has 1 aliphatic heterocycles. The molecule has 0 amide bonds. The Morgan fingerprint density at radius 1 is 0.944 bits per heavy atom. The number of nitrogens with zero attached hydrogens (tertiary/aromatic N) is 1. The zero-order chi connectivity index (χ0) is 13.8. The van der Waals surface area contributed by atoms with Gasteiger partial charge in [0.15, 0.2) is 0 Å². The van der Waals surface area contributed by atoms with Crippen molar-refractivity contribution in [1.29, 1.82) is 0 Å². The third-order valence-electron chi connectivity index (χ3n) is 3.12. The molecule has 0 atom stereocenters. The third-order valence-corrected chi connectivity index (χ3v) is 5.28. The molecule has 18 heavy (non-hydrogen) atoms. The van der Waals surface area contributed by atoms with Crippen LogP contribution in [0.2, 0.25) is 0 Å². The Labute approximate surface area is 122 Å². The van der Waals surface area contributed by atoms with E-state index in [0.717, 1.165) is 17.8 Å².